The van der Waals surface area contributed by atoms with Crippen LogP contribution in [0, 0.1) is 0 Å². The fourth-order valence-electron chi connectivity index (χ4n) is 2.20. The van der Waals surface area contributed by atoms with Gasteiger partial charge < -0.3 is 9.47 Å². The highest BCUT2D eigenvalue weighted by atomic mass is 35.5. The van der Waals surface area contributed by atoms with Gasteiger partial charge in [0, 0.05) is 10.6 Å². The van der Waals surface area contributed by atoms with E-state index >= 15 is 0 Å². The molecule has 0 N–H and O–H groups in total. The quantitative estimate of drug-likeness (QED) is 0.595. The highest BCUT2D eigenvalue weighted by molar-refractivity contribution is 6.30. The van der Waals surface area contributed by atoms with E-state index in [2.05, 4.69) is 4.99 Å². The molecular weight excluding hydrogens is 326 g/mol. The number of ether oxygens (including phenoxy) is 2. The number of esters is 1. The van der Waals surface area contributed by atoms with Gasteiger partial charge in [-0.25, -0.2) is 9.79 Å². The zero-order valence-corrected chi connectivity index (χ0v) is 13.9. The van der Waals surface area contributed by atoms with E-state index in [1.807, 2.05) is 31.2 Å². The summed E-state index contributed by atoms with van der Waals surface area (Å²) in [5.74, 6) is 0.570. The van der Waals surface area contributed by atoms with Crippen LogP contribution in [-0.2, 0) is 9.53 Å². The zero-order valence-electron chi connectivity index (χ0n) is 13.2. The van der Waals surface area contributed by atoms with Crippen molar-refractivity contribution in [3.8, 4) is 5.75 Å². The minimum absolute atomic E-state index is 0.257. The van der Waals surface area contributed by atoms with Gasteiger partial charge >= 0.3 is 5.97 Å². The summed E-state index contributed by atoms with van der Waals surface area (Å²) in [6.45, 7) is 2.70. The van der Waals surface area contributed by atoms with E-state index in [9.17, 15) is 4.79 Å². The summed E-state index contributed by atoms with van der Waals surface area (Å²) in [4.78, 5) is 16.3. The molecular formula is C19H16ClNO3. The molecule has 0 spiro atoms. The number of nitrogens with zero attached hydrogens (tertiary/aromatic N) is 1. The predicted molar refractivity (Wildman–Crippen MR) is 94.3 cm³/mol. The van der Waals surface area contributed by atoms with Crippen molar-refractivity contribution in [2.45, 2.75) is 13.3 Å². The lowest BCUT2D eigenvalue weighted by molar-refractivity contribution is -0.129. The van der Waals surface area contributed by atoms with Gasteiger partial charge in [-0.1, -0.05) is 30.7 Å². The van der Waals surface area contributed by atoms with Crippen molar-refractivity contribution in [3.63, 3.8) is 0 Å². The lowest BCUT2D eigenvalue weighted by atomic mass is 10.2. The van der Waals surface area contributed by atoms with E-state index in [-0.39, 0.29) is 11.6 Å². The lowest BCUT2D eigenvalue weighted by Gasteiger charge is -2.04. The number of carbonyl (C=O) groups is 1. The normalized spacial score (nSPS) is 15.3. The van der Waals surface area contributed by atoms with E-state index in [0.717, 1.165) is 17.7 Å². The number of aliphatic imine (C=N–C) groups is 1. The lowest BCUT2D eigenvalue weighted by Crippen LogP contribution is -2.05. The second kappa shape index (κ2) is 7.32. The fraction of sp³-hybridized carbons (Fsp3) is 0.158. The van der Waals surface area contributed by atoms with E-state index in [1.54, 1.807) is 30.3 Å². The second-order valence-electron chi connectivity index (χ2n) is 5.26. The number of hydrogen-bond donors (Lipinski definition) is 0. The van der Waals surface area contributed by atoms with Crippen LogP contribution < -0.4 is 4.74 Å². The van der Waals surface area contributed by atoms with Gasteiger partial charge in [-0.3, -0.25) is 0 Å². The van der Waals surface area contributed by atoms with Crippen molar-refractivity contribution >= 4 is 29.5 Å². The third-order valence-corrected chi connectivity index (χ3v) is 3.60. The molecule has 0 bridgehead atoms. The summed E-state index contributed by atoms with van der Waals surface area (Å²) in [7, 11) is 0. The van der Waals surface area contributed by atoms with Gasteiger partial charge in [-0.05, 0) is 54.5 Å². The van der Waals surface area contributed by atoms with Crippen molar-refractivity contribution in [2.24, 2.45) is 4.99 Å². The van der Waals surface area contributed by atoms with Crippen LogP contribution in [0.1, 0.15) is 24.5 Å². The van der Waals surface area contributed by atoms with Gasteiger partial charge in [0.05, 0.1) is 6.61 Å². The van der Waals surface area contributed by atoms with Gasteiger partial charge in [-0.15, -0.1) is 0 Å². The number of rotatable bonds is 5. The maximum Gasteiger partial charge on any atom is 0.363 e. The number of hydrogen-bond acceptors (Lipinski definition) is 4. The summed E-state index contributed by atoms with van der Waals surface area (Å²) in [6, 6.07) is 14.5. The van der Waals surface area contributed by atoms with Gasteiger partial charge in [-0.2, -0.15) is 0 Å². The highest BCUT2D eigenvalue weighted by Crippen LogP contribution is 2.22. The monoisotopic (exact) mass is 341 g/mol. The molecule has 1 heterocycles. The number of benzene rings is 2. The molecule has 0 amide bonds. The van der Waals surface area contributed by atoms with Gasteiger partial charge in [0.25, 0.3) is 0 Å². The molecule has 0 saturated carbocycles. The van der Waals surface area contributed by atoms with Crippen molar-refractivity contribution < 1.29 is 14.3 Å². The Bertz CT molecular complexity index is 810. The SMILES string of the molecule is CCCOc1cccc(/C=C2\N=C(c3ccc(Cl)cc3)OC2=O)c1. The summed E-state index contributed by atoms with van der Waals surface area (Å²) in [6.07, 6.45) is 2.62. The van der Waals surface area contributed by atoms with Crippen molar-refractivity contribution in [1.82, 2.24) is 0 Å². The molecule has 1 aliphatic rings. The van der Waals surface area contributed by atoms with Crippen LogP contribution in [-0.4, -0.2) is 18.5 Å². The first-order valence-electron chi connectivity index (χ1n) is 7.67. The molecule has 0 unspecified atom stereocenters. The summed E-state index contributed by atoms with van der Waals surface area (Å²) in [5, 5.41) is 0.614. The molecule has 0 saturated heterocycles. The second-order valence-corrected chi connectivity index (χ2v) is 5.70. The van der Waals surface area contributed by atoms with Crippen LogP contribution in [0.2, 0.25) is 5.02 Å². The fourth-order valence-corrected chi connectivity index (χ4v) is 2.32. The van der Waals surface area contributed by atoms with Crippen LogP contribution in [0.4, 0.5) is 0 Å². The van der Waals surface area contributed by atoms with Crippen LogP contribution in [0.15, 0.2) is 59.2 Å². The maximum atomic E-state index is 12.0. The van der Waals surface area contributed by atoms with E-state index in [1.165, 1.54) is 0 Å². The topological polar surface area (TPSA) is 47.9 Å². The largest absolute Gasteiger partial charge is 0.494 e. The minimum atomic E-state index is -0.472. The molecule has 4 nitrogen and oxygen atoms in total. The van der Waals surface area contributed by atoms with E-state index < -0.39 is 5.97 Å². The summed E-state index contributed by atoms with van der Waals surface area (Å²) in [5.41, 5.74) is 1.79. The maximum absolute atomic E-state index is 12.0. The Labute approximate surface area is 145 Å². The predicted octanol–water partition coefficient (Wildman–Crippen LogP) is 4.47. The average molecular weight is 342 g/mol. The Morgan fingerprint density at radius 2 is 2.00 bits per heavy atom. The molecule has 24 heavy (non-hydrogen) atoms. The third-order valence-electron chi connectivity index (χ3n) is 3.35. The summed E-state index contributed by atoms with van der Waals surface area (Å²) >= 11 is 5.86. The Balaban J connectivity index is 1.84. The van der Waals surface area contributed by atoms with Crippen molar-refractivity contribution in [2.75, 3.05) is 6.61 Å². The molecule has 0 atom stereocenters. The van der Waals surface area contributed by atoms with Crippen LogP contribution in [0.25, 0.3) is 6.08 Å². The molecule has 2 aromatic rings. The Hall–Kier alpha value is -2.59. The molecule has 5 heteroatoms. The van der Waals surface area contributed by atoms with Crippen LogP contribution in [0.3, 0.4) is 0 Å². The molecule has 3 rings (SSSR count). The number of cyclic esters (lactones) is 1. The molecule has 2 aromatic carbocycles. The third kappa shape index (κ3) is 3.84. The number of halogens is 1. The standard InChI is InChI=1S/C19H16ClNO3/c1-2-10-23-16-5-3-4-13(11-16)12-17-19(22)24-18(21-17)14-6-8-15(20)9-7-14/h3-9,11-12H,2,10H2,1H3/b17-12-. The molecule has 0 aromatic heterocycles. The zero-order chi connectivity index (χ0) is 16.9. The highest BCUT2D eigenvalue weighted by Gasteiger charge is 2.24. The van der Waals surface area contributed by atoms with Gasteiger partial charge in [0.2, 0.25) is 5.90 Å². The first-order valence-corrected chi connectivity index (χ1v) is 8.05. The molecule has 1 aliphatic heterocycles. The molecule has 0 radical (unpaired) electrons. The molecule has 0 fully saturated rings. The number of carbonyl (C=O) groups excluding carboxylic acids is 1. The van der Waals surface area contributed by atoms with Crippen LogP contribution >= 0.6 is 11.6 Å². The Morgan fingerprint density at radius 1 is 1.21 bits per heavy atom. The first-order chi connectivity index (χ1) is 11.7. The van der Waals surface area contributed by atoms with E-state index in [0.29, 0.717) is 17.2 Å². The smallest absolute Gasteiger partial charge is 0.363 e. The minimum Gasteiger partial charge on any atom is -0.494 e. The molecule has 0 aliphatic carbocycles. The summed E-state index contributed by atoms with van der Waals surface area (Å²) < 4.78 is 10.8. The van der Waals surface area contributed by atoms with Crippen molar-refractivity contribution in [1.29, 1.82) is 0 Å². The first kappa shape index (κ1) is 16.3. The Morgan fingerprint density at radius 3 is 2.75 bits per heavy atom. The van der Waals surface area contributed by atoms with E-state index in [4.69, 9.17) is 21.1 Å². The van der Waals surface area contributed by atoms with Gasteiger partial charge in [0.1, 0.15) is 5.75 Å². The van der Waals surface area contributed by atoms with Crippen molar-refractivity contribution in [3.05, 3.63) is 70.4 Å². The Kier molecular flexibility index (Phi) is 4.96. The van der Waals surface area contributed by atoms with Gasteiger partial charge in [0.15, 0.2) is 5.70 Å². The molecule has 122 valence electrons. The van der Waals surface area contributed by atoms with Crippen LogP contribution in [0.5, 0.6) is 5.75 Å². The average Bonchev–Trinajstić information content (AvgIpc) is 2.95.